The molecule has 0 aromatic heterocycles. The molecule has 0 radical (unpaired) electrons. The molecule has 0 heterocycles. The van der Waals surface area contributed by atoms with Gasteiger partial charge in [-0.25, -0.2) is 0 Å². The van der Waals surface area contributed by atoms with E-state index in [1.807, 2.05) is 32.0 Å². The lowest BCUT2D eigenvalue weighted by Gasteiger charge is -2.18. The van der Waals surface area contributed by atoms with Gasteiger partial charge in [0.1, 0.15) is 0 Å². The molecule has 1 aromatic rings. The molecule has 1 aromatic carbocycles. The van der Waals surface area contributed by atoms with Gasteiger partial charge in [-0.2, -0.15) is 0 Å². The summed E-state index contributed by atoms with van der Waals surface area (Å²) in [6, 6.07) is 5.69. The standard InChI is InChI=1S/C13H18BrClN2O/c1-3-17(4-2)13(18)9-16-8-10-7-11(14)5-6-12(10)15/h5-7,16H,3-4,8-9H2,1-2H3. The molecule has 0 spiro atoms. The number of benzene rings is 1. The highest BCUT2D eigenvalue weighted by atomic mass is 79.9. The molecule has 0 atom stereocenters. The zero-order chi connectivity index (χ0) is 13.5. The van der Waals surface area contributed by atoms with Gasteiger partial charge in [-0.15, -0.1) is 0 Å². The Morgan fingerprint density at radius 1 is 1.39 bits per heavy atom. The molecule has 0 aliphatic rings. The minimum Gasteiger partial charge on any atom is -0.342 e. The lowest BCUT2D eigenvalue weighted by molar-refractivity contribution is -0.129. The van der Waals surface area contributed by atoms with Crippen LogP contribution in [0.5, 0.6) is 0 Å². The van der Waals surface area contributed by atoms with E-state index in [9.17, 15) is 4.79 Å². The van der Waals surface area contributed by atoms with Crippen molar-refractivity contribution in [2.45, 2.75) is 20.4 Å². The molecule has 100 valence electrons. The summed E-state index contributed by atoms with van der Waals surface area (Å²) in [5.74, 6) is 0.117. The topological polar surface area (TPSA) is 32.3 Å². The van der Waals surface area contributed by atoms with E-state index in [1.54, 1.807) is 4.90 Å². The highest BCUT2D eigenvalue weighted by molar-refractivity contribution is 9.10. The van der Waals surface area contributed by atoms with Crippen LogP contribution in [-0.4, -0.2) is 30.4 Å². The molecule has 5 heteroatoms. The van der Waals surface area contributed by atoms with Crippen molar-refractivity contribution in [2.75, 3.05) is 19.6 Å². The third-order valence-corrected chi connectivity index (χ3v) is 3.58. The molecular formula is C13H18BrClN2O. The molecule has 0 saturated carbocycles. The Morgan fingerprint density at radius 2 is 2.06 bits per heavy atom. The molecule has 3 nitrogen and oxygen atoms in total. The maximum atomic E-state index is 11.8. The number of likely N-dealkylation sites (N-methyl/N-ethyl adjacent to an activating group) is 1. The summed E-state index contributed by atoms with van der Waals surface area (Å²) in [7, 11) is 0. The van der Waals surface area contributed by atoms with E-state index in [1.165, 1.54) is 0 Å². The van der Waals surface area contributed by atoms with Gasteiger partial charge in [0.25, 0.3) is 0 Å². The Labute approximate surface area is 122 Å². The molecule has 0 fully saturated rings. The highest BCUT2D eigenvalue weighted by Crippen LogP contribution is 2.20. The fourth-order valence-electron chi connectivity index (χ4n) is 1.67. The van der Waals surface area contributed by atoms with Gasteiger partial charge in [-0.05, 0) is 37.6 Å². The first-order valence-electron chi connectivity index (χ1n) is 6.00. The van der Waals surface area contributed by atoms with Gasteiger partial charge >= 0.3 is 0 Å². The monoisotopic (exact) mass is 332 g/mol. The minimum absolute atomic E-state index is 0.117. The number of nitrogens with zero attached hydrogens (tertiary/aromatic N) is 1. The van der Waals surface area contributed by atoms with Crippen molar-refractivity contribution in [1.29, 1.82) is 0 Å². The zero-order valence-corrected chi connectivity index (χ0v) is 13.0. The van der Waals surface area contributed by atoms with Gasteiger partial charge in [0, 0.05) is 29.1 Å². The van der Waals surface area contributed by atoms with Crippen LogP contribution in [0.2, 0.25) is 5.02 Å². The number of rotatable bonds is 6. The number of carbonyl (C=O) groups excluding carboxylic acids is 1. The van der Waals surface area contributed by atoms with Crippen molar-refractivity contribution in [3.8, 4) is 0 Å². The van der Waals surface area contributed by atoms with Crippen LogP contribution in [0, 0.1) is 0 Å². The Bertz CT molecular complexity index is 408. The van der Waals surface area contributed by atoms with Crippen molar-refractivity contribution < 1.29 is 4.79 Å². The number of hydrogen-bond acceptors (Lipinski definition) is 2. The molecule has 18 heavy (non-hydrogen) atoms. The third kappa shape index (κ3) is 4.59. The highest BCUT2D eigenvalue weighted by Gasteiger charge is 2.09. The van der Waals surface area contributed by atoms with E-state index in [0.29, 0.717) is 18.1 Å². The van der Waals surface area contributed by atoms with Crippen LogP contribution in [-0.2, 0) is 11.3 Å². The number of amides is 1. The summed E-state index contributed by atoms with van der Waals surface area (Å²) < 4.78 is 0.985. The van der Waals surface area contributed by atoms with E-state index in [0.717, 1.165) is 23.1 Å². The van der Waals surface area contributed by atoms with E-state index in [-0.39, 0.29) is 5.91 Å². The molecule has 0 bridgehead atoms. The van der Waals surface area contributed by atoms with Crippen molar-refractivity contribution >= 4 is 33.4 Å². The number of hydrogen-bond donors (Lipinski definition) is 1. The Morgan fingerprint density at radius 3 is 2.67 bits per heavy atom. The van der Waals surface area contributed by atoms with Crippen LogP contribution in [0.4, 0.5) is 0 Å². The molecule has 1 rings (SSSR count). The Hall–Kier alpha value is -0.580. The summed E-state index contributed by atoms with van der Waals surface area (Å²) in [6.07, 6.45) is 0. The lowest BCUT2D eigenvalue weighted by Crippen LogP contribution is -2.37. The van der Waals surface area contributed by atoms with Crippen LogP contribution in [0.25, 0.3) is 0 Å². The first-order chi connectivity index (χ1) is 8.58. The number of carbonyl (C=O) groups is 1. The fourth-order valence-corrected chi connectivity index (χ4v) is 2.26. The minimum atomic E-state index is 0.117. The quantitative estimate of drug-likeness (QED) is 0.868. The first kappa shape index (κ1) is 15.5. The molecule has 0 aliphatic heterocycles. The largest absolute Gasteiger partial charge is 0.342 e. The maximum Gasteiger partial charge on any atom is 0.236 e. The normalized spacial score (nSPS) is 10.4. The van der Waals surface area contributed by atoms with Crippen LogP contribution in [0.3, 0.4) is 0 Å². The summed E-state index contributed by atoms with van der Waals surface area (Å²) >= 11 is 9.47. The molecule has 1 N–H and O–H groups in total. The van der Waals surface area contributed by atoms with Crippen LogP contribution >= 0.6 is 27.5 Å². The summed E-state index contributed by atoms with van der Waals surface area (Å²) in [6.45, 7) is 6.37. The van der Waals surface area contributed by atoms with Gasteiger partial charge in [-0.1, -0.05) is 27.5 Å². The summed E-state index contributed by atoms with van der Waals surface area (Å²) in [4.78, 5) is 13.6. The first-order valence-corrected chi connectivity index (χ1v) is 7.18. The molecule has 1 amide bonds. The van der Waals surface area contributed by atoms with Gasteiger partial charge in [-0.3, -0.25) is 4.79 Å². The Kier molecular flexibility index (Phi) is 6.68. The second-order valence-electron chi connectivity index (χ2n) is 3.91. The van der Waals surface area contributed by atoms with Crippen molar-refractivity contribution in [3.63, 3.8) is 0 Å². The van der Waals surface area contributed by atoms with E-state index < -0.39 is 0 Å². The van der Waals surface area contributed by atoms with Crippen LogP contribution in [0.1, 0.15) is 19.4 Å². The van der Waals surface area contributed by atoms with E-state index in [2.05, 4.69) is 21.2 Å². The summed E-state index contributed by atoms with van der Waals surface area (Å²) in [5, 5.41) is 3.83. The predicted molar refractivity (Wildman–Crippen MR) is 78.8 cm³/mol. The smallest absolute Gasteiger partial charge is 0.236 e. The SMILES string of the molecule is CCN(CC)C(=O)CNCc1cc(Br)ccc1Cl. The molecule has 0 unspecified atom stereocenters. The fraction of sp³-hybridized carbons (Fsp3) is 0.462. The molecule has 0 saturated heterocycles. The lowest BCUT2D eigenvalue weighted by atomic mass is 10.2. The van der Waals surface area contributed by atoms with Gasteiger partial charge in [0.2, 0.25) is 5.91 Å². The second-order valence-corrected chi connectivity index (χ2v) is 5.23. The second kappa shape index (κ2) is 7.77. The van der Waals surface area contributed by atoms with Gasteiger partial charge in [0.15, 0.2) is 0 Å². The average molecular weight is 334 g/mol. The van der Waals surface area contributed by atoms with Gasteiger partial charge in [0.05, 0.1) is 6.54 Å². The summed E-state index contributed by atoms with van der Waals surface area (Å²) in [5.41, 5.74) is 0.985. The predicted octanol–water partition coefficient (Wildman–Crippen LogP) is 3.06. The van der Waals surface area contributed by atoms with Crippen LogP contribution < -0.4 is 5.32 Å². The zero-order valence-electron chi connectivity index (χ0n) is 10.7. The molecule has 0 aliphatic carbocycles. The van der Waals surface area contributed by atoms with Crippen molar-refractivity contribution in [3.05, 3.63) is 33.3 Å². The van der Waals surface area contributed by atoms with Crippen LogP contribution in [0.15, 0.2) is 22.7 Å². The van der Waals surface area contributed by atoms with E-state index >= 15 is 0 Å². The third-order valence-electron chi connectivity index (χ3n) is 2.72. The molecular weight excluding hydrogens is 316 g/mol. The number of nitrogens with one attached hydrogen (secondary N) is 1. The van der Waals surface area contributed by atoms with E-state index in [4.69, 9.17) is 11.6 Å². The maximum absolute atomic E-state index is 11.8. The average Bonchev–Trinajstić information content (AvgIpc) is 2.35. The number of halogens is 2. The Balaban J connectivity index is 2.46. The van der Waals surface area contributed by atoms with Crippen molar-refractivity contribution in [1.82, 2.24) is 10.2 Å². The van der Waals surface area contributed by atoms with Gasteiger partial charge < -0.3 is 10.2 Å². The van der Waals surface area contributed by atoms with Crippen molar-refractivity contribution in [2.24, 2.45) is 0 Å².